The standard InChI is InChI=1S/C18H25FN2O/c1-14(15-5-4-6-16(19)12-15)11-18(22)21-10-7-17(13-21)20-8-2-3-9-20/h4-6,12,14,17H,2-3,7-11,13H2,1H3. The highest BCUT2D eigenvalue weighted by Crippen LogP contribution is 2.24. The number of nitrogens with zero attached hydrogens (tertiary/aromatic N) is 2. The third kappa shape index (κ3) is 3.49. The van der Waals surface area contributed by atoms with E-state index in [1.807, 2.05) is 17.9 Å². The van der Waals surface area contributed by atoms with Crippen molar-refractivity contribution in [3.05, 3.63) is 35.6 Å². The van der Waals surface area contributed by atoms with Crippen molar-refractivity contribution in [1.82, 2.24) is 9.80 Å². The van der Waals surface area contributed by atoms with Gasteiger partial charge in [-0.2, -0.15) is 0 Å². The molecule has 2 heterocycles. The van der Waals surface area contributed by atoms with Gasteiger partial charge in [0.05, 0.1) is 0 Å². The molecule has 0 N–H and O–H groups in total. The summed E-state index contributed by atoms with van der Waals surface area (Å²) in [4.78, 5) is 17.0. The van der Waals surface area contributed by atoms with Crippen LogP contribution in [-0.2, 0) is 4.79 Å². The monoisotopic (exact) mass is 304 g/mol. The number of hydrogen-bond acceptors (Lipinski definition) is 2. The number of hydrogen-bond donors (Lipinski definition) is 0. The van der Waals surface area contributed by atoms with E-state index in [-0.39, 0.29) is 17.6 Å². The van der Waals surface area contributed by atoms with Crippen LogP contribution in [-0.4, -0.2) is 47.9 Å². The first-order chi connectivity index (χ1) is 10.6. The van der Waals surface area contributed by atoms with E-state index in [1.54, 1.807) is 6.07 Å². The Morgan fingerprint density at radius 3 is 2.82 bits per heavy atom. The van der Waals surface area contributed by atoms with E-state index >= 15 is 0 Å². The minimum Gasteiger partial charge on any atom is -0.341 e. The van der Waals surface area contributed by atoms with Gasteiger partial charge in [0, 0.05) is 25.6 Å². The second-order valence-electron chi connectivity index (χ2n) is 6.69. The highest BCUT2D eigenvalue weighted by Gasteiger charge is 2.31. The van der Waals surface area contributed by atoms with E-state index in [9.17, 15) is 9.18 Å². The summed E-state index contributed by atoms with van der Waals surface area (Å²) in [5.74, 6) is 0.0413. The molecule has 0 radical (unpaired) electrons. The predicted molar refractivity (Wildman–Crippen MR) is 85.2 cm³/mol. The van der Waals surface area contributed by atoms with Crippen LogP contribution in [0.1, 0.15) is 44.1 Å². The summed E-state index contributed by atoms with van der Waals surface area (Å²) in [7, 11) is 0. The lowest BCUT2D eigenvalue weighted by Gasteiger charge is -2.24. The van der Waals surface area contributed by atoms with Crippen molar-refractivity contribution in [2.75, 3.05) is 26.2 Å². The number of amides is 1. The highest BCUT2D eigenvalue weighted by atomic mass is 19.1. The third-order valence-electron chi connectivity index (χ3n) is 5.07. The van der Waals surface area contributed by atoms with Gasteiger partial charge >= 0.3 is 0 Å². The molecule has 1 aromatic rings. The van der Waals surface area contributed by atoms with Gasteiger partial charge in [-0.25, -0.2) is 4.39 Å². The average Bonchev–Trinajstić information content (AvgIpc) is 3.18. The lowest BCUT2D eigenvalue weighted by atomic mass is 9.97. The third-order valence-corrected chi connectivity index (χ3v) is 5.07. The Bertz CT molecular complexity index is 528. The summed E-state index contributed by atoms with van der Waals surface area (Å²) < 4.78 is 13.3. The molecule has 3 nitrogen and oxygen atoms in total. The second kappa shape index (κ2) is 6.78. The van der Waals surface area contributed by atoms with Gasteiger partial charge in [0.25, 0.3) is 0 Å². The molecule has 4 heteroatoms. The Kier molecular flexibility index (Phi) is 4.77. The Morgan fingerprint density at radius 2 is 2.09 bits per heavy atom. The molecule has 3 rings (SSSR count). The first kappa shape index (κ1) is 15.5. The molecular weight excluding hydrogens is 279 g/mol. The van der Waals surface area contributed by atoms with Crippen LogP contribution in [0.2, 0.25) is 0 Å². The van der Waals surface area contributed by atoms with Gasteiger partial charge in [-0.15, -0.1) is 0 Å². The lowest BCUT2D eigenvalue weighted by Crippen LogP contribution is -2.37. The van der Waals surface area contributed by atoms with Crippen molar-refractivity contribution in [2.24, 2.45) is 0 Å². The van der Waals surface area contributed by atoms with Crippen LogP contribution in [0.5, 0.6) is 0 Å². The molecule has 2 aliphatic rings. The minimum absolute atomic E-state index is 0.0639. The van der Waals surface area contributed by atoms with E-state index in [1.165, 1.54) is 38.1 Å². The number of rotatable bonds is 4. The zero-order valence-electron chi connectivity index (χ0n) is 13.3. The molecule has 2 unspecified atom stereocenters. The molecule has 0 aliphatic carbocycles. The summed E-state index contributed by atoms with van der Waals surface area (Å²) in [6.07, 6.45) is 4.15. The van der Waals surface area contributed by atoms with Crippen LogP contribution in [0.15, 0.2) is 24.3 Å². The average molecular weight is 304 g/mol. The van der Waals surface area contributed by atoms with Crippen LogP contribution < -0.4 is 0 Å². The zero-order valence-corrected chi connectivity index (χ0v) is 13.3. The molecule has 0 spiro atoms. The van der Waals surface area contributed by atoms with Crippen molar-refractivity contribution in [1.29, 1.82) is 0 Å². The van der Waals surface area contributed by atoms with Crippen molar-refractivity contribution < 1.29 is 9.18 Å². The van der Waals surface area contributed by atoms with Gasteiger partial charge in [0.15, 0.2) is 0 Å². The second-order valence-corrected chi connectivity index (χ2v) is 6.69. The maximum atomic E-state index is 13.3. The van der Waals surface area contributed by atoms with Gasteiger partial charge in [-0.1, -0.05) is 19.1 Å². The number of benzene rings is 1. The maximum absolute atomic E-state index is 13.3. The highest BCUT2D eigenvalue weighted by molar-refractivity contribution is 5.77. The molecule has 0 aromatic heterocycles. The van der Waals surface area contributed by atoms with Crippen LogP contribution in [0.3, 0.4) is 0 Å². The van der Waals surface area contributed by atoms with Crippen molar-refractivity contribution >= 4 is 5.91 Å². The molecular formula is C18H25FN2O. The van der Waals surface area contributed by atoms with Crippen LogP contribution in [0.4, 0.5) is 4.39 Å². The van der Waals surface area contributed by atoms with Crippen LogP contribution in [0, 0.1) is 5.82 Å². The topological polar surface area (TPSA) is 23.6 Å². The normalized spacial score (nSPS) is 23.9. The molecule has 120 valence electrons. The quantitative estimate of drug-likeness (QED) is 0.853. The Balaban J connectivity index is 1.53. The summed E-state index contributed by atoms with van der Waals surface area (Å²) >= 11 is 0. The van der Waals surface area contributed by atoms with Crippen LogP contribution >= 0.6 is 0 Å². The SMILES string of the molecule is CC(CC(=O)N1CCC(N2CCCC2)C1)c1cccc(F)c1. The first-order valence-electron chi connectivity index (χ1n) is 8.41. The molecule has 2 fully saturated rings. The molecule has 2 atom stereocenters. The molecule has 22 heavy (non-hydrogen) atoms. The Morgan fingerprint density at radius 1 is 1.32 bits per heavy atom. The van der Waals surface area contributed by atoms with Gasteiger partial charge in [-0.05, 0) is 56.0 Å². The van der Waals surface area contributed by atoms with Gasteiger partial charge in [0.1, 0.15) is 5.82 Å². The molecule has 0 saturated carbocycles. The predicted octanol–water partition coefficient (Wildman–Crippen LogP) is 3.02. The fourth-order valence-electron chi connectivity index (χ4n) is 3.70. The van der Waals surface area contributed by atoms with Crippen molar-refractivity contribution in [2.45, 2.75) is 44.6 Å². The van der Waals surface area contributed by atoms with E-state index in [2.05, 4.69) is 4.90 Å². The van der Waals surface area contributed by atoms with Gasteiger partial charge in [-0.3, -0.25) is 9.69 Å². The van der Waals surface area contributed by atoms with E-state index in [0.29, 0.717) is 12.5 Å². The summed E-state index contributed by atoms with van der Waals surface area (Å²) in [6.45, 7) is 6.12. The van der Waals surface area contributed by atoms with Gasteiger partial charge in [0.2, 0.25) is 5.91 Å². The Labute approximate surface area is 132 Å². The number of carbonyl (C=O) groups excluding carboxylic acids is 1. The zero-order chi connectivity index (χ0) is 15.5. The fraction of sp³-hybridized carbons (Fsp3) is 0.611. The molecule has 1 amide bonds. The van der Waals surface area contributed by atoms with Crippen LogP contribution in [0.25, 0.3) is 0 Å². The summed E-state index contributed by atoms with van der Waals surface area (Å²) in [5, 5.41) is 0. The fourth-order valence-corrected chi connectivity index (χ4v) is 3.70. The molecule has 2 aliphatic heterocycles. The number of carbonyl (C=O) groups is 1. The smallest absolute Gasteiger partial charge is 0.223 e. The molecule has 2 saturated heterocycles. The van der Waals surface area contributed by atoms with E-state index in [0.717, 1.165) is 25.1 Å². The van der Waals surface area contributed by atoms with Crippen molar-refractivity contribution in [3.8, 4) is 0 Å². The largest absolute Gasteiger partial charge is 0.341 e. The minimum atomic E-state index is -0.230. The summed E-state index contributed by atoms with van der Waals surface area (Å²) in [6, 6.07) is 7.15. The first-order valence-corrected chi connectivity index (χ1v) is 8.41. The summed E-state index contributed by atoms with van der Waals surface area (Å²) in [5.41, 5.74) is 0.906. The lowest BCUT2D eigenvalue weighted by molar-refractivity contribution is -0.130. The van der Waals surface area contributed by atoms with Crippen molar-refractivity contribution in [3.63, 3.8) is 0 Å². The van der Waals surface area contributed by atoms with E-state index in [4.69, 9.17) is 0 Å². The maximum Gasteiger partial charge on any atom is 0.223 e. The number of halogens is 1. The van der Waals surface area contributed by atoms with E-state index < -0.39 is 0 Å². The Hall–Kier alpha value is -1.42. The van der Waals surface area contributed by atoms with Gasteiger partial charge < -0.3 is 4.90 Å². The molecule has 0 bridgehead atoms. The number of likely N-dealkylation sites (tertiary alicyclic amines) is 2. The molecule has 1 aromatic carbocycles.